The third-order valence-electron chi connectivity index (χ3n) is 4.09. The van der Waals surface area contributed by atoms with Gasteiger partial charge in [-0.3, -0.25) is 4.99 Å². The minimum atomic E-state index is -0.277. The van der Waals surface area contributed by atoms with Crippen molar-refractivity contribution in [3.63, 3.8) is 0 Å². The predicted molar refractivity (Wildman–Crippen MR) is 96.2 cm³/mol. The molecule has 1 heterocycles. The summed E-state index contributed by atoms with van der Waals surface area (Å²) in [6, 6.07) is 30.4. The summed E-state index contributed by atoms with van der Waals surface area (Å²) in [6.07, 6.45) is -0.277. The molecule has 2 atom stereocenters. The Morgan fingerprint density at radius 3 is 1.71 bits per heavy atom. The topological polar surface area (TPSA) is 37.1 Å². The summed E-state index contributed by atoms with van der Waals surface area (Å²) >= 11 is 0. The van der Waals surface area contributed by atoms with Crippen LogP contribution in [-0.2, 0) is 0 Å². The Morgan fingerprint density at radius 2 is 1.08 bits per heavy atom. The molecule has 3 heteroatoms. The van der Waals surface area contributed by atoms with Crippen molar-refractivity contribution in [2.75, 3.05) is 0 Å². The number of nitrogens with zero attached hydrogens (tertiary/aromatic N) is 3. The van der Waals surface area contributed by atoms with Crippen LogP contribution in [0, 0.1) is 0 Å². The lowest BCUT2D eigenvalue weighted by atomic mass is 9.96. The average Bonchev–Trinajstić information content (AvgIpc) is 2.69. The van der Waals surface area contributed by atoms with E-state index >= 15 is 0 Å². The van der Waals surface area contributed by atoms with E-state index in [2.05, 4.69) is 34.5 Å². The Kier molecular flexibility index (Phi) is 3.98. The van der Waals surface area contributed by atoms with Crippen molar-refractivity contribution >= 4 is 5.71 Å². The molecule has 0 saturated carbocycles. The van der Waals surface area contributed by atoms with E-state index in [-0.39, 0.29) is 12.2 Å². The van der Waals surface area contributed by atoms with Crippen molar-refractivity contribution in [3.8, 4) is 0 Å². The molecule has 0 bridgehead atoms. The summed E-state index contributed by atoms with van der Waals surface area (Å²) in [5.41, 5.74) is 4.22. The van der Waals surface area contributed by atoms with Crippen molar-refractivity contribution in [1.82, 2.24) is 0 Å². The molecular formula is C21H17N3. The second kappa shape index (κ2) is 6.59. The van der Waals surface area contributed by atoms with Crippen molar-refractivity contribution in [3.05, 3.63) is 108 Å². The molecule has 0 spiro atoms. The van der Waals surface area contributed by atoms with Crippen LogP contribution in [0.2, 0.25) is 0 Å². The fourth-order valence-corrected chi connectivity index (χ4v) is 2.88. The van der Waals surface area contributed by atoms with E-state index in [0.717, 1.165) is 22.4 Å². The van der Waals surface area contributed by atoms with Crippen LogP contribution < -0.4 is 0 Å². The van der Waals surface area contributed by atoms with Crippen LogP contribution in [0.15, 0.2) is 106 Å². The second-order valence-electron chi connectivity index (χ2n) is 5.71. The molecule has 0 N–H and O–H groups in total. The number of aliphatic imine (C=N–C) groups is 1. The van der Waals surface area contributed by atoms with Gasteiger partial charge >= 0.3 is 0 Å². The van der Waals surface area contributed by atoms with Gasteiger partial charge in [-0.25, -0.2) is 0 Å². The summed E-state index contributed by atoms with van der Waals surface area (Å²) in [7, 11) is 0. The predicted octanol–water partition coefficient (Wildman–Crippen LogP) is 5.38. The van der Waals surface area contributed by atoms with E-state index in [9.17, 15) is 0 Å². The lowest BCUT2D eigenvalue weighted by molar-refractivity contribution is 0.643. The normalized spacial score (nSPS) is 19.8. The van der Waals surface area contributed by atoms with Gasteiger partial charge in [0, 0.05) is 5.56 Å². The maximum absolute atomic E-state index is 4.94. The largest absolute Gasteiger partial charge is 0.253 e. The molecule has 1 aliphatic heterocycles. The molecule has 0 radical (unpaired) electrons. The SMILES string of the molecule is c1ccc(C2=NC(c3ccccc3)N=NC2c2ccccc2)cc1. The quantitative estimate of drug-likeness (QED) is 0.622. The molecule has 24 heavy (non-hydrogen) atoms. The molecule has 3 aromatic rings. The van der Waals surface area contributed by atoms with Gasteiger partial charge in [0.2, 0.25) is 0 Å². The van der Waals surface area contributed by atoms with Gasteiger partial charge in [0.25, 0.3) is 0 Å². The fraction of sp³-hybridized carbons (Fsp3) is 0.0952. The van der Waals surface area contributed by atoms with Crippen LogP contribution >= 0.6 is 0 Å². The smallest absolute Gasteiger partial charge is 0.185 e. The Morgan fingerprint density at radius 1 is 0.542 bits per heavy atom. The molecule has 0 fully saturated rings. The maximum atomic E-state index is 4.94. The average molecular weight is 311 g/mol. The zero-order valence-corrected chi connectivity index (χ0v) is 13.2. The monoisotopic (exact) mass is 311 g/mol. The fourth-order valence-electron chi connectivity index (χ4n) is 2.88. The van der Waals surface area contributed by atoms with Gasteiger partial charge in [-0.15, -0.1) is 0 Å². The highest BCUT2D eigenvalue weighted by Gasteiger charge is 2.25. The van der Waals surface area contributed by atoms with Gasteiger partial charge in [-0.1, -0.05) is 91.0 Å². The minimum absolute atomic E-state index is 0.159. The van der Waals surface area contributed by atoms with Crippen LogP contribution in [-0.4, -0.2) is 5.71 Å². The van der Waals surface area contributed by atoms with Gasteiger partial charge in [-0.2, -0.15) is 10.2 Å². The van der Waals surface area contributed by atoms with E-state index in [1.165, 1.54) is 0 Å². The summed E-state index contributed by atoms with van der Waals surface area (Å²) in [6.45, 7) is 0. The molecule has 116 valence electrons. The van der Waals surface area contributed by atoms with Crippen LogP contribution in [0.25, 0.3) is 0 Å². The van der Waals surface area contributed by atoms with Gasteiger partial charge in [0.1, 0.15) is 6.04 Å². The van der Waals surface area contributed by atoms with Crippen LogP contribution in [0.5, 0.6) is 0 Å². The van der Waals surface area contributed by atoms with Crippen LogP contribution in [0.3, 0.4) is 0 Å². The molecule has 0 aliphatic carbocycles. The number of azo groups is 1. The first kappa shape index (κ1) is 14.5. The number of hydrogen-bond donors (Lipinski definition) is 0. The summed E-state index contributed by atoms with van der Waals surface area (Å²) in [4.78, 5) is 4.94. The van der Waals surface area contributed by atoms with Crippen molar-refractivity contribution in [1.29, 1.82) is 0 Å². The Labute approximate surface area is 141 Å². The minimum Gasteiger partial charge on any atom is -0.253 e. The molecule has 2 unspecified atom stereocenters. The molecule has 1 aliphatic rings. The first-order valence-corrected chi connectivity index (χ1v) is 8.05. The van der Waals surface area contributed by atoms with Gasteiger partial charge in [0.15, 0.2) is 6.17 Å². The van der Waals surface area contributed by atoms with Crippen molar-refractivity contribution in [2.24, 2.45) is 15.2 Å². The highest BCUT2D eigenvalue weighted by atomic mass is 15.2. The first-order valence-electron chi connectivity index (χ1n) is 8.05. The summed E-state index contributed by atoms with van der Waals surface area (Å²) < 4.78 is 0. The molecule has 0 saturated heterocycles. The zero-order valence-electron chi connectivity index (χ0n) is 13.2. The van der Waals surface area contributed by atoms with Crippen LogP contribution in [0.4, 0.5) is 0 Å². The van der Waals surface area contributed by atoms with E-state index in [0.29, 0.717) is 0 Å². The van der Waals surface area contributed by atoms with E-state index in [4.69, 9.17) is 4.99 Å². The first-order chi connectivity index (χ1) is 11.9. The maximum Gasteiger partial charge on any atom is 0.185 e. The highest BCUT2D eigenvalue weighted by Crippen LogP contribution is 2.33. The van der Waals surface area contributed by atoms with E-state index < -0.39 is 0 Å². The molecule has 0 aromatic heterocycles. The molecular weight excluding hydrogens is 294 g/mol. The van der Waals surface area contributed by atoms with Gasteiger partial charge < -0.3 is 0 Å². The Bertz CT molecular complexity index is 855. The van der Waals surface area contributed by atoms with Crippen molar-refractivity contribution in [2.45, 2.75) is 12.2 Å². The summed E-state index contributed by atoms with van der Waals surface area (Å²) in [5, 5.41) is 9.08. The van der Waals surface area contributed by atoms with Crippen LogP contribution in [0.1, 0.15) is 28.9 Å². The van der Waals surface area contributed by atoms with E-state index in [1.807, 2.05) is 66.7 Å². The summed E-state index contributed by atoms with van der Waals surface area (Å²) in [5.74, 6) is 0. The lowest BCUT2D eigenvalue weighted by Crippen LogP contribution is -2.17. The third kappa shape index (κ3) is 2.88. The number of rotatable bonds is 3. The highest BCUT2D eigenvalue weighted by molar-refractivity contribution is 6.05. The van der Waals surface area contributed by atoms with Gasteiger partial charge in [-0.05, 0) is 11.1 Å². The number of hydrogen-bond acceptors (Lipinski definition) is 3. The molecule has 3 nitrogen and oxygen atoms in total. The molecule has 0 amide bonds. The van der Waals surface area contributed by atoms with Crippen molar-refractivity contribution < 1.29 is 0 Å². The standard InChI is InChI=1S/C21H17N3/c1-4-10-16(11-5-1)19-20(17-12-6-2-7-13-17)23-24-21(22-19)18-14-8-3-9-15-18/h1-15,20-21H. The Hall–Kier alpha value is -3.07. The molecule has 4 rings (SSSR count). The second-order valence-corrected chi connectivity index (χ2v) is 5.71. The molecule has 3 aromatic carbocycles. The Balaban J connectivity index is 1.78. The third-order valence-corrected chi connectivity index (χ3v) is 4.09. The van der Waals surface area contributed by atoms with Gasteiger partial charge in [0.05, 0.1) is 5.71 Å². The number of benzene rings is 3. The van der Waals surface area contributed by atoms with E-state index in [1.54, 1.807) is 0 Å². The zero-order chi connectivity index (χ0) is 16.2. The lowest BCUT2D eigenvalue weighted by Gasteiger charge is -2.22.